The highest BCUT2D eigenvalue weighted by Crippen LogP contribution is 2.23. The molecule has 2 rings (SSSR count). The molecule has 0 spiro atoms. The lowest BCUT2D eigenvalue weighted by Gasteiger charge is -2.08. The van der Waals surface area contributed by atoms with Gasteiger partial charge in [0.2, 0.25) is 9.47 Å². The van der Waals surface area contributed by atoms with Crippen molar-refractivity contribution in [2.24, 2.45) is 0 Å². The molecule has 0 aliphatic heterocycles. The molecule has 0 aliphatic rings. The van der Waals surface area contributed by atoms with E-state index in [1.54, 1.807) is 0 Å². The molecule has 0 saturated heterocycles. The summed E-state index contributed by atoms with van der Waals surface area (Å²) in [5.41, 5.74) is 0.404. The molecular weight excluding hydrogens is 325 g/mol. The van der Waals surface area contributed by atoms with Crippen molar-refractivity contribution in [1.29, 1.82) is 0 Å². The molecule has 0 radical (unpaired) electrons. The molecule has 0 fully saturated rings. The number of anilines is 1. The van der Waals surface area contributed by atoms with Crippen molar-refractivity contribution in [2.75, 3.05) is 12.4 Å². The summed E-state index contributed by atoms with van der Waals surface area (Å²) in [5, 5.41) is 10.1. The van der Waals surface area contributed by atoms with Gasteiger partial charge in [0.1, 0.15) is 0 Å². The van der Waals surface area contributed by atoms with Crippen LogP contribution in [-0.2, 0) is 4.74 Å². The topological polar surface area (TPSA) is 81.2 Å². The van der Waals surface area contributed by atoms with Crippen molar-refractivity contribution in [2.45, 2.75) is 0 Å². The van der Waals surface area contributed by atoms with E-state index < -0.39 is 11.9 Å². The van der Waals surface area contributed by atoms with E-state index in [9.17, 15) is 9.59 Å². The first-order valence-corrected chi connectivity index (χ1v) is 6.76. The highest BCUT2D eigenvalue weighted by atomic mass is 35.5. The van der Waals surface area contributed by atoms with Gasteiger partial charge in [-0.3, -0.25) is 4.79 Å². The van der Waals surface area contributed by atoms with Gasteiger partial charge in [0, 0.05) is 5.02 Å². The van der Waals surface area contributed by atoms with E-state index in [1.807, 2.05) is 0 Å². The standard InChI is InChI=1S/C11H7Cl2N3O3S/c1-19-10(18)6-3-2-5(12)4-7(6)14-8(17)9-15-16-11(13)20-9/h2-4H,1H3,(H,14,17). The molecule has 0 unspecified atom stereocenters. The Bertz CT molecular complexity index is 675. The molecule has 1 heterocycles. The maximum absolute atomic E-state index is 11.9. The van der Waals surface area contributed by atoms with Gasteiger partial charge in [-0.15, -0.1) is 10.2 Å². The van der Waals surface area contributed by atoms with E-state index in [1.165, 1.54) is 25.3 Å². The minimum atomic E-state index is -0.590. The first-order valence-electron chi connectivity index (χ1n) is 5.19. The van der Waals surface area contributed by atoms with Crippen LogP contribution in [0.1, 0.15) is 20.2 Å². The van der Waals surface area contributed by atoms with E-state index in [-0.39, 0.29) is 20.7 Å². The number of rotatable bonds is 3. The van der Waals surface area contributed by atoms with Gasteiger partial charge in [0.05, 0.1) is 18.4 Å². The molecule has 1 aromatic carbocycles. The highest BCUT2D eigenvalue weighted by Gasteiger charge is 2.17. The van der Waals surface area contributed by atoms with Gasteiger partial charge in [-0.2, -0.15) is 0 Å². The number of hydrogen-bond donors (Lipinski definition) is 1. The van der Waals surface area contributed by atoms with Crippen molar-refractivity contribution in [1.82, 2.24) is 10.2 Å². The van der Waals surface area contributed by atoms with Gasteiger partial charge in [-0.1, -0.05) is 22.9 Å². The third kappa shape index (κ3) is 3.24. The van der Waals surface area contributed by atoms with Gasteiger partial charge in [0.25, 0.3) is 5.91 Å². The normalized spacial score (nSPS) is 10.2. The van der Waals surface area contributed by atoms with Gasteiger partial charge in [0.15, 0.2) is 0 Å². The van der Waals surface area contributed by atoms with Crippen LogP contribution in [0.4, 0.5) is 5.69 Å². The van der Waals surface area contributed by atoms with E-state index in [0.29, 0.717) is 5.02 Å². The zero-order valence-corrected chi connectivity index (χ0v) is 12.3. The number of carbonyl (C=O) groups excluding carboxylic acids is 2. The fourth-order valence-electron chi connectivity index (χ4n) is 1.38. The first kappa shape index (κ1) is 14.7. The number of methoxy groups -OCH3 is 1. The van der Waals surface area contributed by atoms with Crippen LogP contribution in [0.15, 0.2) is 18.2 Å². The lowest BCUT2D eigenvalue weighted by atomic mass is 10.2. The molecular formula is C11H7Cl2N3O3S. The number of esters is 1. The van der Waals surface area contributed by atoms with E-state index >= 15 is 0 Å². The molecule has 0 bridgehead atoms. The van der Waals surface area contributed by atoms with Gasteiger partial charge in [-0.25, -0.2) is 4.79 Å². The monoisotopic (exact) mass is 331 g/mol. The van der Waals surface area contributed by atoms with Crippen LogP contribution < -0.4 is 5.32 Å². The number of carbonyl (C=O) groups is 2. The van der Waals surface area contributed by atoms with Crippen molar-refractivity contribution in [3.8, 4) is 0 Å². The van der Waals surface area contributed by atoms with Crippen LogP contribution in [0.25, 0.3) is 0 Å². The van der Waals surface area contributed by atoms with Gasteiger partial charge < -0.3 is 10.1 Å². The maximum Gasteiger partial charge on any atom is 0.339 e. The maximum atomic E-state index is 11.9. The van der Waals surface area contributed by atoms with Crippen LogP contribution in [0.2, 0.25) is 9.49 Å². The zero-order chi connectivity index (χ0) is 14.7. The third-order valence-corrected chi connectivity index (χ3v) is 3.48. The number of hydrogen-bond acceptors (Lipinski definition) is 6. The van der Waals surface area contributed by atoms with Gasteiger partial charge >= 0.3 is 5.97 Å². The predicted octanol–water partition coefficient (Wildman–Crippen LogP) is 2.88. The van der Waals surface area contributed by atoms with Crippen molar-refractivity contribution in [3.63, 3.8) is 0 Å². The SMILES string of the molecule is COC(=O)c1ccc(Cl)cc1NC(=O)c1nnc(Cl)s1. The van der Waals surface area contributed by atoms with Crippen LogP contribution in [0.3, 0.4) is 0 Å². The van der Waals surface area contributed by atoms with Crippen molar-refractivity contribution < 1.29 is 14.3 Å². The van der Waals surface area contributed by atoms with Crippen molar-refractivity contribution >= 4 is 52.1 Å². The largest absolute Gasteiger partial charge is 0.465 e. The van der Waals surface area contributed by atoms with Crippen LogP contribution in [-0.4, -0.2) is 29.2 Å². The number of ether oxygens (including phenoxy) is 1. The Kier molecular flexibility index (Phi) is 4.53. The summed E-state index contributed by atoms with van der Waals surface area (Å²) in [7, 11) is 1.24. The number of halogens is 2. The molecule has 0 aliphatic carbocycles. The lowest BCUT2D eigenvalue weighted by Crippen LogP contribution is -2.15. The average Bonchev–Trinajstić information content (AvgIpc) is 2.85. The lowest BCUT2D eigenvalue weighted by molar-refractivity contribution is 0.0602. The quantitative estimate of drug-likeness (QED) is 0.874. The average molecular weight is 332 g/mol. The Hall–Kier alpha value is -1.70. The number of aromatic nitrogens is 2. The molecule has 104 valence electrons. The third-order valence-electron chi connectivity index (χ3n) is 2.23. The zero-order valence-electron chi connectivity index (χ0n) is 10.0. The summed E-state index contributed by atoms with van der Waals surface area (Å²) in [6.45, 7) is 0. The summed E-state index contributed by atoms with van der Waals surface area (Å²) in [5.74, 6) is -1.13. The fourth-order valence-corrected chi connectivity index (χ4v) is 2.28. The van der Waals surface area contributed by atoms with Crippen molar-refractivity contribution in [3.05, 3.63) is 38.3 Å². The second kappa shape index (κ2) is 6.17. The fraction of sp³-hybridized carbons (Fsp3) is 0.0909. The molecule has 20 heavy (non-hydrogen) atoms. The van der Waals surface area contributed by atoms with Crippen LogP contribution in [0, 0.1) is 0 Å². The molecule has 1 N–H and O–H groups in total. The Balaban J connectivity index is 2.30. The Morgan fingerprint density at radius 1 is 1.30 bits per heavy atom. The Morgan fingerprint density at radius 2 is 2.05 bits per heavy atom. The van der Waals surface area contributed by atoms with Crippen LogP contribution in [0.5, 0.6) is 0 Å². The smallest absolute Gasteiger partial charge is 0.339 e. The second-order valence-electron chi connectivity index (χ2n) is 3.50. The minimum absolute atomic E-state index is 0.0748. The summed E-state index contributed by atoms with van der Waals surface area (Å²) in [6, 6.07) is 4.41. The molecule has 9 heteroatoms. The number of benzene rings is 1. The van der Waals surface area contributed by atoms with E-state index in [4.69, 9.17) is 23.2 Å². The van der Waals surface area contributed by atoms with Crippen LogP contribution >= 0.6 is 34.5 Å². The number of nitrogens with zero attached hydrogens (tertiary/aromatic N) is 2. The molecule has 0 atom stereocenters. The first-order chi connectivity index (χ1) is 9.51. The molecule has 1 aromatic heterocycles. The number of nitrogens with one attached hydrogen (secondary N) is 1. The van der Waals surface area contributed by atoms with E-state index in [0.717, 1.165) is 11.3 Å². The summed E-state index contributed by atoms with van der Waals surface area (Å²) in [4.78, 5) is 23.5. The molecule has 2 aromatic rings. The summed E-state index contributed by atoms with van der Waals surface area (Å²) in [6.07, 6.45) is 0. The predicted molar refractivity (Wildman–Crippen MR) is 75.7 cm³/mol. The summed E-state index contributed by atoms with van der Waals surface area (Å²) < 4.78 is 4.78. The van der Waals surface area contributed by atoms with E-state index in [2.05, 4.69) is 20.3 Å². The molecule has 1 amide bonds. The number of amides is 1. The molecule has 6 nitrogen and oxygen atoms in total. The minimum Gasteiger partial charge on any atom is -0.465 e. The second-order valence-corrected chi connectivity index (χ2v) is 5.49. The Morgan fingerprint density at radius 3 is 2.65 bits per heavy atom. The summed E-state index contributed by atoms with van der Waals surface area (Å²) >= 11 is 12.4. The highest BCUT2D eigenvalue weighted by molar-refractivity contribution is 7.17. The Labute approximate surface area is 127 Å². The van der Waals surface area contributed by atoms with Gasteiger partial charge in [-0.05, 0) is 29.8 Å². The molecule has 0 saturated carbocycles.